The number of esters is 4. The van der Waals surface area contributed by atoms with Crippen LogP contribution in [-0.4, -0.2) is 72.7 Å². The number of rotatable bonds is 24. The van der Waals surface area contributed by atoms with Crippen molar-refractivity contribution in [1.82, 2.24) is 0 Å². The lowest BCUT2D eigenvalue weighted by Crippen LogP contribution is -2.46. The van der Waals surface area contributed by atoms with Gasteiger partial charge in [-0.2, -0.15) is 0 Å². The van der Waals surface area contributed by atoms with Crippen molar-refractivity contribution in [3.63, 3.8) is 0 Å². The first-order valence-corrected chi connectivity index (χ1v) is 18.7. The number of carbonyl (C=O) groups is 4. The van der Waals surface area contributed by atoms with Gasteiger partial charge in [-0.15, -0.1) is 0 Å². The minimum absolute atomic E-state index is 0.0963. The van der Waals surface area contributed by atoms with E-state index in [0.29, 0.717) is 49.7 Å². The lowest BCUT2D eigenvalue weighted by atomic mass is 9.54. The fraction of sp³-hybridized carbons (Fsp3) is 0.535. The molecule has 3 unspecified atom stereocenters. The SMILES string of the molecule is C=C(C)C(=O)OCC(O)CCCCOC(=O)c1ccc(C(C)(CC)C(CC)(CC)c2ccc(C(=O)OCCCCC(CO)OC(=O)C(=C)C)cc2)cc1. The highest BCUT2D eigenvalue weighted by Gasteiger charge is 2.46. The van der Waals surface area contributed by atoms with Crippen molar-refractivity contribution in [2.45, 2.75) is 122 Å². The summed E-state index contributed by atoms with van der Waals surface area (Å²) < 4.78 is 21.2. The maximum Gasteiger partial charge on any atom is 0.338 e. The molecule has 0 aliphatic heterocycles. The van der Waals surface area contributed by atoms with Crippen LogP contribution in [0, 0.1) is 0 Å². The summed E-state index contributed by atoms with van der Waals surface area (Å²) in [6.45, 7) is 19.0. The van der Waals surface area contributed by atoms with Gasteiger partial charge in [0.25, 0.3) is 0 Å². The smallest absolute Gasteiger partial charge is 0.338 e. The highest BCUT2D eigenvalue weighted by molar-refractivity contribution is 5.90. The van der Waals surface area contributed by atoms with E-state index in [2.05, 4.69) is 40.9 Å². The highest BCUT2D eigenvalue weighted by Crippen LogP contribution is 2.51. The number of ether oxygens (including phenoxy) is 4. The Morgan fingerprint density at radius 2 is 1.15 bits per heavy atom. The lowest BCUT2D eigenvalue weighted by Gasteiger charge is -2.49. The van der Waals surface area contributed by atoms with Crippen molar-refractivity contribution >= 4 is 23.9 Å². The number of carbonyl (C=O) groups excluding carboxylic acids is 4. The van der Waals surface area contributed by atoms with Crippen molar-refractivity contribution in [3.8, 4) is 0 Å². The largest absolute Gasteiger partial charge is 0.462 e. The van der Waals surface area contributed by atoms with Gasteiger partial charge in [-0.05, 0) is 107 Å². The zero-order chi connectivity index (χ0) is 39.6. The van der Waals surface area contributed by atoms with Gasteiger partial charge in [-0.1, -0.05) is 65.1 Å². The Kier molecular flexibility index (Phi) is 18.7. The van der Waals surface area contributed by atoms with Gasteiger partial charge in [0.1, 0.15) is 12.7 Å². The zero-order valence-corrected chi connectivity index (χ0v) is 32.5. The molecule has 0 amide bonds. The number of hydrogen-bond acceptors (Lipinski definition) is 10. The second kappa shape index (κ2) is 22.1. The van der Waals surface area contributed by atoms with E-state index in [-0.39, 0.29) is 48.4 Å². The first-order chi connectivity index (χ1) is 25.2. The van der Waals surface area contributed by atoms with Crippen LogP contribution in [0.5, 0.6) is 0 Å². The van der Waals surface area contributed by atoms with Gasteiger partial charge in [-0.25, -0.2) is 19.2 Å². The van der Waals surface area contributed by atoms with Crippen LogP contribution in [0.4, 0.5) is 0 Å². The second-order valence-corrected chi connectivity index (χ2v) is 13.9. The van der Waals surface area contributed by atoms with Gasteiger partial charge >= 0.3 is 23.9 Å². The van der Waals surface area contributed by atoms with Crippen molar-refractivity contribution in [2.75, 3.05) is 26.4 Å². The van der Waals surface area contributed by atoms with E-state index in [1.54, 1.807) is 26.0 Å². The maximum atomic E-state index is 12.9. The molecule has 292 valence electrons. The molecule has 53 heavy (non-hydrogen) atoms. The van der Waals surface area contributed by atoms with E-state index < -0.39 is 36.1 Å². The van der Waals surface area contributed by atoms with Crippen molar-refractivity contribution in [1.29, 1.82) is 0 Å². The number of benzene rings is 2. The summed E-state index contributed by atoms with van der Waals surface area (Å²) in [5.74, 6) is -1.90. The molecule has 0 radical (unpaired) electrons. The van der Waals surface area contributed by atoms with Crippen LogP contribution in [0.25, 0.3) is 0 Å². The van der Waals surface area contributed by atoms with Gasteiger partial charge in [0, 0.05) is 22.0 Å². The molecule has 10 nitrogen and oxygen atoms in total. The monoisotopic (exact) mass is 736 g/mol. The van der Waals surface area contributed by atoms with Gasteiger partial charge < -0.3 is 29.2 Å². The number of unbranched alkanes of at least 4 members (excludes halogenated alkanes) is 2. The predicted octanol–water partition coefficient (Wildman–Crippen LogP) is 7.73. The average molecular weight is 737 g/mol. The van der Waals surface area contributed by atoms with Crippen LogP contribution in [-0.2, 0) is 39.4 Å². The van der Waals surface area contributed by atoms with Gasteiger partial charge in [0.05, 0.1) is 37.1 Å². The number of aliphatic hydroxyl groups excluding tert-OH is 2. The molecule has 2 rings (SSSR count). The standard InChI is InChI=1S/C43H60O10/c1-9-42(8,34-22-18-32(19-23-34)40(48)50-26-14-12-16-36(45)29-52-38(46)30(4)5)43(10-2,11-3)35-24-20-33(21-25-35)41(49)51-27-15-13-17-37(28-44)53-39(47)31(6)7/h18-25,36-37,44-45H,4,6,9-17,26-29H2,1-3,5,7-8H3. The molecule has 10 heteroatoms. The molecule has 0 saturated carbocycles. The molecule has 0 aromatic heterocycles. The van der Waals surface area contributed by atoms with Crippen LogP contribution in [0.15, 0.2) is 72.8 Å². The maximum absolute atomic E-state index is 12.9. The van der Waals surface area contributed by atoms with E-state index in [0.717, 1.165) is 30.4 Å². The van der Waals surface area contributed by atoms with E-state index in [1.165, 1.54) is 0 Å². The average Bonchev–Trinajstić information content (AvgIpc) is 3.16. The summed E-state index contributed by atoms with van der Waals surface area (Å²) >= 11 is 0. The topological polar surface area (TPSA) is 146 Å². The van der Waals surface area contributed by atoms with Crippen LogP contribution in [0.3, 0.4) is 0 Å². The quantitative estimate of drug-likeness (QED) is 0.0475. The molecule has 0 fully saturated rings. The Morgan fingerprint density at radius 1 is 0.679 bits per heavy atom. The third-order valence-corrected chi connectivity index (χ3v) is 10.3. The molecule has 0 spiro atoms. The Morgan fingerprint density at radius 3 is 1.58 bits per heavy atom. The zero-order valence-electron chi connectivity index (χ0n) is 32.5. The molecule has 0 bridgehead atoms. The van der Waals surface area contributed by atoms with Crippen LogP contribution >= 0.6 is 0 Å². The van der Waals surface area contributed by atoms with E-state index in [1.807, 2.05) is 36.4 Å². The minimum atomic E-state index is -0.787. The third kappa shape index (κ3) is 12.7. The van der Waals surface area contributed by atoms with Crippen LogP contribution in [0.1, 0.15) is 131 Å². The second-order valence-electron chi connectivity index (χ2n) is 13.9. The summed E-state index contributed by atoms with van der Waals surface area (Å²) in [5, 5.41) is 19.5. The Balaban J connectivity index is 2.00. The molecular formula is C43H60O10. The van der Waals surface area contributed by atoms with E-state index in [9.17, 15) is 29.4 Å². The summed E-state index contributed by atoms with van der Waals surface area (Å²) in [6.07, 6.45) is 4.35. The summed E-state index contributed by atoms with van der Waals surface area (Å²) in [7, 11) is 0. The molecule has 2 N–H and O–H groups in total. The normalized spacial score (nSPS) is 13.6. The lowest BCUT2D eigenvalue weighted by molar-refractivity contribution is -0.146. The Bertz CT molecular complexity index is 1510. The molecule has 2 aromatic carbocycles. The molecule has 0 saturated heterocycles. The van der Waals surface area contributed by atoms with E-state index in [4.69, 9.17) is 18.9 Å². The number of aliphatic hydroxyl groups is 2. The molecule has 0 heterocycles. The van der Waals surface area contributed by atoms with Crippen LogP contribution < -0.4 is 0 Å². The van der Waals surface area contributed by atoms with Crippen molar-refractivity contribution in [3.05, 3.63) is 95.1 Å². The number of hydrogen-bond donors (Lipinski definition) is 2. The third-order valence-electron chi connectivity index (χ3n) is 10.3. The molecule has 3 atom stereocenters. The molecule has 0 aliphatic rings. The highest BCUT2D eigenvalue weighted by atomic mass is 16.6. The van der Waals surface area contributed by atoms with Gasteiger partial charge in [0.15, 0.2) is 0 Å². The summed E-state index contributed by atoms with van der Waals surface area (Å²) in [5.41, 5.74) is 3.11. The fourth-order valence-electron chi connectivity index (χ4n) is 6.75. The van der Waals surface area contributed by atoms with E-state index >= 15 is 0 Å². The first kappa shape index (κ1) is 44.9. The van der Waals surface area contributed by atoms with Crippen molar-refractivity contribution in [2.24, 2.45) is 0 Å². The first-order valence-electron chi connectivity index (χ1n) is 18.7. The van der Waals surface area contributed by atoms with Gasteiger partial charge in [0.2, 0.25) is 0 Å². The summed E-state index contributed by atoms with van der Waals surface area (Å²) in [4.78, 5) is 48.9. The Labute approximate surface area is 315 Å². The molecule has 0 aliphatic carbocycles. The fourth-order valence-corrected chi connectivity index (χ4v) is 6.75. The Hall–Kier alpha value is -4.28. The predicted molar refractivity (Wildman–Crippen MR) is 205 cm³/mol. The minimum Gasteiger partial charge on any atom is -0.462 e. The van der Waals surface area contributed by atoms with Crippen molar-refractivity contribution < 1.29 is 48.3 Å². The molecular weight excluding hydrogens is 676 g/mol. The summed E-state index contributed by atoms with van der Waals surface area (Å²) in [6, 6.07) is 15.3. The van der Waals surface area contributed by atoms with Crippen LogP contribution in [0.2, 0.25) is 0 Å². The van der Waals surface area contributed by atoms with Gasteiger partial charge in [-0.3, -0.25) is 0 Å². The molecule has 2 aromatic rings.